The fraction of sp³-hybridized carbons (Fsp3) is 0.263. The van der Waals surface area contributed by atoms with E-state index in [1.54, 1.807) is 12.1 Å². The minimum atomic E-state index is -3.49. The number of hydrogen-bond donors (Lipinski definition) is 2. The standard InChI is InChI=1S/C19H20N2O5S/c22-18(20-13-14-3-5-16(6-4-14)19(23)24)15-7-9-17(10-8-15)27(25,26)21-11-1-2-12-21/h3-10H,1-2,11-13H2,(H,20,22)(H,23,24). The topological polar surface area (TPSA) is 104 Å². The van der Waals surface area contributed by atoms with Gasteiger partial charge in [0.25, 0.3) is 5.91 Å². The van der Waals surface area contributed by atoms with Crippen molar-refractivity contribution < 1.29 is 23.1 Å². The minimum Gasteiger partial charge on any atom is -0.478 e. The van der Waals surface area contributed by atoms with Crippen LogP contribution in [0.3, 0.4) is 0 Å². The van der Waals surface area contributed by atoms with Gasteiger partial charge in [-0.25, -0.2) is 13.2 Å². The summed E-state index contributed by atoms with van der Waals surface area (Å²) >= 11 is 0. The molecule has 8 heteroatoms. The molecule has 0 bridgehead atoms. The lowest BCUT2D eigenvalue weighted by atomic mass is 10.1. The van der Waals surface area contributed by atoms with Crippen LogP contribution in [0.5, 0.6) is 0 Å². The quantitative estimate of drug-likeness (QED) is 0.789. The van der Waals surface area contributed by atoms with Crippen molar-refractivity contribution in [2.75, 3.05) is 13.1 Å². The van der Waals surface area contributed by atoms with Gasteiger partial charge in [0.05, 0.1) is 10.5 Å². The summed E-state index contributed by atoms with van der Waals surface area (Å²) in [5.41, 5.74) is 1.30. The molecule has 0 aromatic heterocycles. The van der Waals surface area contributed by atoms with Crippen molar-refractivity contribution in [3.8, 4) is 0 Å². The van der Waals surface area contributed by atoms with Gasteiger partial charge in [0.15, 0.2) is 0 Å². The Kier molecular flexibility index (Phi) is 5.57. The number of amides is 1. The van der Waals surface area contributed by atoms with Crippen LogP contribution in [0.25, 0.3) is 0 Å². The molecular formula is C19H20N2O5S. The summed E-state index contributed by atoms with van der Waals surface area (Å²) in [6, 6.07) is 12.1. The van der Waals surface area contributed by atoms with Crippen LogP contribution < -0.4 is 5.32 Å². The monoisotopic (exact) mass is 388 g/mol. The Labute approximate surface area is 157 Å². The summed E-state index contributed by atoms with van der Waals surface area (Å²) in [6.45, 7) is 1.31. The average Bonchev–Trinajstić information content (AvgIpc) is 3.22. The predicted octanol–water partition coefficient (Wildman–Crippen LogP) is 2.10. The Balaban J connectivity index is 1.62. The summed E-state index contributed by atoms with van der Waals surface area (Å²) in [4.78, 5) is 23.3. The van der Waals surface area contributed by atoms with Crippen LogP contribution in [0, 0.1) is 0 Å². The first-order valence-electron chi connectivity index (χ1n) is 8.58. The number of carboxylic acid groups (broad SMARTS) is 1. The normalized spacial score (nSPS) is 14.8. The van der Waals surface area contributed by atoms with Crippen LogP contribution in [-0.4, -0.2) is 42.8 Å². The van der Waals surface area contributed by atoms with E-state index >= 15 is 0 Å². The minimum absolute atomic E-state index is 0.180. The van der Waals surface area contributed by atoms with Crippen LogP contribution >= 0.6 is 0 Å². The molecule has 1 saturated heterocycles. The van der Waals surface area contributed by atoms with Crippen molar-refractivity contribution in [1.82, 2.24) is 9.62 Å². The van der Waals surface area contributed by atoms with E-state index in [1.807, 2.05) is 0 Å². The first kappa shape index (κ1) is 19.1. The van der Waals surface area contributed by atoms with Gasteiger partial charge >= 0.3 is 5.97 Å². The van der Waals surface area contributed by atoms with Gasteiger partial charge in [0.2, 0.25) is 10.0 Å². The van der Waals surface area contributed by atoms with Gasteiger partial charge in [-0.05, 0) is 54.8 Å². The van der Waals surface area contributed by atoms with E-state index in [2.05, 4.69) is 5.32 Å². The summed E-state index contributed by atoms with van der Waals surface area (Å²) in [5.74, 6) is -1.34. The summed E-state index contributed by atoms with van der Waals surface area (Å²) in [7, 11) is -3.49. The van der Waals surface area contributed by atoms with Gasteiger partial charge in [0.1, 0.15) is 0 Å². The van der Waals surface area contributed by atoms with E-state index < -0.39 is 16.0 Å². The van der Waals surface area contributed by atoms with Crippen molar-refractivity contribution in [3.05, 3.63) is 65.2 Å². The lowest BCUT2D eigenvalue weighted by molar-refractivity contribution is 0.0696. The number of nitrogens with zero attached hydrogens (tertiary/aromatic N) is 1. The van der Waals surface area contributed by atoms with E-state index in [1.165, 1.54) is 40.7 Å². The number of hydrogen-bond acceptors (Lipinski definition) is 4. The highest BCUT2D eigenvalue weighted by atomic mass is 32.2. The third kappa shape index (κ3) is 4.35. The molecule has 1 aliphatic rings. The number of carboxylic acids is 1. The Bertz CT molecular complexity index is 931. The maximum Gasteiger partial charge on any atom is 0.335 e. The van der Waals surface area contributed by atoms with Gasteiger partial charge in [-0.15, -0.1) is 0 Å². The molecule has 1 aliphatic heterocycles. The second-order valence-electron chi connectivity index (χ2n) is 6.32. The predicted molar refractivity (Wildman–Crippen MR) is 99.0 cm³/mol. The van der Waals surface area contributed by atoms with E-state index in [0.29, 0.717) is 18.7 Å². The molecule has 7 nitrogen and oxygen atoms in total. The highest BCUT2D eigenvalue weighted by Crippen LogP contribution is 2.21. The molecule has 142 valence electrons. The van der Waals surface area contributed by atoms with Crippen LogP contribution in [0.4, 0.5) is 0 Å². The molecular weight excluding hydrogens is 368 g/mol. The number of nitrogens with one attached hydrogen (secondary N) is 1. The van der Waals surface area contributed by atoms with Gasteiger partial charge in [-0.3, -0.25) is 4.79 Å². The molecule has 1 fully saturated rings. The van der Waals surface area contributed by atoms with Crippen molar-refractivity contribution in [2.24, 2.45) is 0 Å². The molecule has 2 aromatic rings. The molecule has 0 aliphatic carbocycles. The molecule has 2 N–H and O–H groups in total. The van der Waals surface area contributed by atoms with Crippen molar-refractivity contribution in [1.29, 1.82) is 0 Å². The van der Waals surface area contributed by atoms with Crippen LogP contribution in [0.15, 0.2) is 53.4 Å². The van der Waals surface area contributed by atoms with E-state index in [4.69, 9.17) is 5.11 Å². The largest absolute Gasteiger partial charge is 0.478 e. The number of rotatable bonds is 6. The highest BCUT2D eigenvalue weighted by Gasteiger charge is 2.27. The molecule has 0 radical (unpaired) electrons. The Morgan fingerprint density at radius 1 is 0.926 bits per heavy atom. The zero-order valence-corrected chi connectivity index (χ0v) is 15.4. The lowest BCUT2D eigenvalue weighted by Crippen LogP contribution is -2.28. The van der Waals surface area contributed by atoms with Gasteiger partial charge < -0.3 is 10.4 Å². The lowest BCUT2D eigenvalue weighted by Gasteiger charge is -2.15. The second-order valence-corrected chi connectivity index (χ2v) is 8.26. The number of aromatic carboxylic acids is 1. The molecule has 0 atom stereocenters. The van der Waals surface area contributed by atoms with Crippen molar-refractivity contribution >= 4 is 21.9 Å². The number of carbonyl (C=O) groups excluding carboxylic acids is 1. The third-order valence-corrected chi connectivity index (χ3v) is 6.39. The smallest absolute Gasteiger partial charge is 0.335 e. The van der Waals surface area contributed by atoms with Gasteiger partial charge in [-0.1, -0.05) is 12.1 Å². The maximum atomic E-state index is 12.5. The zero-order valence-electron chi connectivity index (χ0n) is 14.6. The fourth-order valence-electron chi connectivity index (χ4n) is 2.91. The fourth-order valence-corrected chi connectivity index (χ4v) is 4.42. The van der Waals surface area contributed by atoms with E-state index in [0.717, 1.165) is 18.4 Å². The van der Waals surface area contributed by atoms with Crippen LogP contribution in [-0.2, 0) is 16.6 Å². The zero-order chi connectivity index (χ0) is 19.4. The molecule has 0 unspecified atom stereocenters. The SMILES string of the molecule is O=C(O)c1ccc(CNC(=O)c2ccc(S(=O)(=O)N3CCCC3)cc2)cc1. The van der Waals surface area contributed by atoms with Crippen LogP contribution in [0.1, 0.15) is 39.1 Å². The highest BCUT2D eigenvalue weighted by molar-refractivity contribution is 7.89. The molecule has 1 heterocycles. The molecule has 0 saturated carbocycles. The number of benzene rings is 2. The second kappa shape index (κ2) is 7.89. The molecule has 2 aromatic carbocycles. The third-order valence-electron chi connectivity index (χ3n) is 4.47. The van der Waals surface area contributed by atoms with Crippen LogP contribution in [0.2, 0.25) is 0 Å². The van der Waals surface area contributed by atoms with E-state index in [-0.39, 0.29) is 22.9 Å². The van der Waals surface area contributed by atoms with Crippen molar-refractivity contribution in [3.63, 3.8) is 0 Å². The Hall–Kier alpha value is -2.71. The first-order valence-corrected chi connectivity index (χ1v) is 10.0. The van der Waals surface area contributed by atoms with Crippen molar-refractivity contribution in [2.45, 2.75) is 24.3 Å². The Morgan fingerprint density at radius 2 is 1.48 bits per heavy atom. The maximum absolute atomic E-state index is 12.5. The summed E-state index contributed by atoms with van der Waals surface area (Å²) in [6.07, 6.45) is 1.74. The average molecular weight is 388 g/mol. The molecule has 1 amide bonds. The first-order chi connectivity index (χ1) is 12.9. The Morgan fingerprint density at radius 3 is 2.04 bits per heavy atom. The van der Waals surface area contributed by atoms with Gasteiger partial charge in [-0.2, -0.15) is 4.31 Å². The van der Waals surface area contributed by atoms with E-state index in [9.17, 15) is 18.0 Å². The molecule has 27 heavy (non-hydrogen) atoms. The molecule has 0 spiro atoms. The summed E-state index contributed by atoms with van der Waals surface area (Å²) in [5, 5.41) is 11.6. The summed E-state index contributed by atoms with van der Waals surface area (Å²) < 4.78 is 26.4. The molecule has 3 rings (SSSR count). The number of sulfonamides is 1. The van der Waals surface area contributed by atoms with Gasteiger partial charge in [0, 0.05) is 25.2 Å². The number of carbonyl (C=O) groups is 2.